The molecule has 0 radical (unpaired) electrons. The van der Waals surface area contributed by atoms with E-state index in [4.69, 9.17) is 4.74 Å². The van der Waals surface area contributed by atoms with Crippen LogP contribution in [0.3, 0.4) is 0 Å². The highest BCUT2D eigenvalue weighted by atomic mass is 16.5. The Labute approximate surface area is 63.7 Å². The topological polar surface area (TPSA) is 21.3 Å². The van der Waals surface area contributed by atoms with Gasteiger partial charge in [0.15, 0.2) is 0 Å². The Morgan fingerprint density at radius 1 is 1.80 bits per heavy atom. The zero-order valence-electron chi connectivity index (χ0n) is 6.52. The highest BCUT2D eigenvalue weighted by Gasteiger charge is 2.11. The lowest BCUT2D eigenvalue weighted by Gasteiger charge is -2.13. The average molecular weight is 143 g/mol. The van der Waals surface area contributed by atoms with E-state index in [1.54, 1.807) is 0 Å². The molecule has 0 unspecified atom stereocenters. The zero-order valence-corrected chi connectivity index (χ0v) is 6.52. The van der Waals surface area contributed by atoms with Crippen LogP contribution in [0.1, 0.15) is 14.8 Å². The molecule has 0 spiro atoms. The minimum absolute atomic E-state index is 0. The minimum atomic E-state index is 0. The smallest absolute Gasteiger partial charge is 0.0904 e. The van der Waals surface area contributed by atoms with E-state index >= 15 is 0 Å². The van der Waals surface area contributed by atoms with Crippen LogP contribution in [0.4, 0.5) is 0 Å². The first kappa shape index (κ1) is 7.76. The molecule has 1 heterocycles. The summed E-state index contributed by atoms with van der Waals surface area (Å²) in [5.74, 6) is 0. The van der Waals surface area contributed by atoms with Crippen LogP contribution in [0, 0.1) is 0 Å². The van der Waals surface area contributed by atoms with Gasteiger partial charge in [0.1, 0.15) is 0 Å². The number of rotatable bonds is 1. The SMILES string of the molecule is C=C(C)[C@@H]1CNCCCO1.[HH]. The van der Waals surface area contributed by atoms with Gasteiger partial charge in [-0.3, -0.25) is 0 Å². The third kappa shape index (κ3) is 2.12. The predicted molar refractivity (Wildman–Crippen MR) is 44.2 cm³/mol. The van der Waals surface area contributed by atoms with Crippen LogP contribution in [0.25, 0.3) is 0 Å². The lowest BCUT2D eigenvalue weighted by molar-refractivity contribution is 0.0921. The first-order valence-corrected chi connectivity index (χ1v) is 3.78. The first-order valence-electron chi connectivity index (χ1n) is 3.78. The number of hydrogen-bond donors (Lipinski definition) is 1. The number of ether oxygens (including phenoxy) is 1. The Balaban J connectivity index is 0.000001000. The second kappa shape index (κ2) is 3.74. The number of nitrogens with one attached hydrogen (secondary N) is 1. The lowest BCUT2D eigenvalue weighted by Crippen LogP contribution is -2.26. The predicted octanol–water partition coefficient (Wildman–Crippen LogP) is 1.19. The van der Waals surface area contributed by atoms with Gasteiger partial charge in [0, 0.05) is 14.6 Å². The van der Waals surface area contributed by atoms with E-state index in [0.717, 1.165) is 31.7 Å². The minimum Gasteiger partial charge on any atom is -0.373 e. The first-order chi connectivity index (χ1) is 4.80. The molecule has 0 aromatic carbocycles. The summed E-state index contributed by atoms with van der Waals surface area (Å²) in [4.78, 5) is 0. The summed E-state index contributed by atoms with van der Waals surface area (Å²) in [7, 11) is 0. The van der Waals surface area contributed by atoms with E-state index in [2.05, 4.69) is 11.9 Å². The third-order valence-electron chi connectivity index (χ3n) is 1.70. The van der Waals surface area contributed by atoms with Gasteiger partial charge in [-0.1, -0.05) is 12.2 Å². The van der Waals surface area contributed by atoms with Crippen molar-refractivity contribution in [2.75, 3.05) is 19.7 Å². The van der Waals surface area contributed by atoms with Crippen molar-refractivity contribution in [3.8, 4) is 0 Å². The fourth-order valence-corrected chi connectivity index (χ4v) is 1.03. The summed E-state index contributed by atoms with van der Waals surface area (Å²) in [5, 5.41) is 3.29. The quantitative estimate of drug-likeness (QED) is 0.557. The van der Waals surface area contributed by atoms with Crippen molar-refractivity contribution in [3.05, 3.63) is 12.2 Å². The molecule has 1 aliphatic heterocycles. The third-order valence-corrected chi connectivity index (χ3v) is 1.70. The molecule has 0 aromatic rings. The normalized spacial score (nSPS) is 27.5. The van der Waals surface area contributed by atoms with Crippen LogP contribution in [0.15, 0.2) is 12.2 Å². The van der Waals surface area contributed by atoms with E-state index < -0.39 is 0 Å². The molecule has 0 aromatic heterocycles. The lowest BCUT2D eigenvalue weighted by atomic mass is 10.2. The van der Waals surface area contributed by atoms with Gasteiger partial charge in [0.25, 0.3) is 0 Å². The summed E-state index contributed by atoms with van der Waals surface area (Å²) >= 11 is 0. The highest BCUT2D eigenvalue weighted by Crippen LogP contribution is 2.05. The van der Waals surface area contributed by atoms with Crippen molar-refractivity contribution in [1.82, 2.24) is 5.32 Å². The largest absolute Gasteiger partial charge is 0.373 e. The van der Waals surface area contributed by atoms with Crippen LogP contribution in [0.2, 0.25) is 0 Å². The molecule has 1 aliphatic rings. The van der Waals surface area contributed by atoms with Crippen LogP contribution in [-0.4, -0.2) is 25.8 Å². The van der Waals surface area contributed by atoms with Gasteiger partial charge < -0.3 is 10.1 Å². The summed E-state index contributed by atoms with van der Waals surface area (Å²) in [6.07, 6.45) is 1.35. The summed E-state index contributed by atoms with van der Waals surface area (Å²) in [5.41, 5.74) is 1.12. The van der Waals surface area contributed by atoms with E-state index in [9.17, 15) is 0 Å². The Bertz CT molecular complexity index is 119. The molecule has 0 amide bonds. The Morgan fingerprint density at radius 2 is 2.60 bits per heavy atom. The Morgan fingerprint density at radius 3 is 3.30 bits per heavy atom. The molecule has 0 aliphatic carbocycles. The molecule has 1 N–H and O–H groups in total. The van der Waals surface area contributed by atoms with Crippen molar-refractivity contribution in [2.45, 2.75) is 19.4 Å². The van der Waals surface area contributed by atoms with Crippen LogP contribution in [-0.2, 0) is 4.74 Å². The van der Waals surface area contributed by atoms with E-state index in [1.165, 1.54) is 0 Å². The molecule has 2 heteroatoms. The molecule has 1 atom stereocenters. The van der Waals surface area contributed by atoms with E-state index in [0.29, 0.717) is 0 Å². The van der Waals surface area contributed by atoms with Gasteiger partial charge in [-0.05, 0) is 19.9 Å². The van der Waals surface area contributed by atoms with E-state index in [-0.39, 0.29) is 7.53 Å². The Hall–Kier alpha value is -0.340. The fourth-order valence-electron chi connectivity index (χ4n) is 1.03. The summed E-state index contributed by atoms with van der Waals surface area (Å²) in [6.45, 7) is 8.73. The second-order valence-electron chi connectivity index (χ2n) is 2.76. The van der Waals surface area contributed by atoms with Crippen LogP contribution in [0.5, 0.6) is 0 Å². The molecular weight excluding hydrogens is 126 g/mol. The van der Waals surface area contributed by atoms with Gasteiger partial charge in [-0.2, -0.15) is 0 Å². The molecule has 1 saturated heterocycles. The average Bonchev–Trinajstić information content (AvgIpc) is 2.12. The maximum absolute atomic E-state index is 5.50. The molecule has 2 nitrogen and oxygen atoms in total. The number of hydrogen-bond acceptors (Lipinski definition) is 2. The van der Waals surface area contributed by atoms with Gasteiger partial charge in [0.2, 0.25) is 0 Å². The maximum Gasteiger partial charge on any atom is 0.0904 e. The van der Waals surface area contributed by atoms with Crippen molar-refractivity contribution in [2.24, 2.45) is 0 Å². The van der Waals surface area contributed by atoms with Gasteiger partial charge >= 0.3 is 0 Å². The zero-order chi connectivity index (χ0) is 7.40. The Kier molecular flexibility index (Phi) is 2.90. The van der Waals surface area contributed by atoms with Crippen molar-refractivity contribution >= 4 is 0 Å². The van der Waals surface area contributed by atoms with Crippen LogP contribution < -0.4 is 5.32 Å². The highest BCUT2D eigenvalue weighted by molar-refractivity contribution is 4.99. The summed E-state index contributed by atoms with van der Waals surface area (Å²) < 4.78 is 5.50. The fraction of sp³-hybridized carbons (Fsp3) is 0.750. The standard InChI is InChI=1S/C8H15NO.H2/c1-7(2)8-6-9-4-3-5-10-8;/h8-9H,1,3-6H2,2H3;1H/t8-;/m0./s1. The summed E-state index contributed by atoms with van der Waals surface area (Å²) in [6, 6.07) is 0. The van der Waals surface area contributed by atoms with Gasteiger partial charge in [0.05, 0.1) is 6.10 Å². The molecule has 60 valence electrons. The van der Waals surface area contributed by atoms with Crippen molar-refractivity contribution in [1.29, 1.82) is 0 Å². The van der Waals surface area contributed by atoms with E-state index in [1.807, 2.05) is 6.92 Å². The van der Waals surface area contributed by atoms with Gasteiger partial charge in [-0.15, -0.1) is 0 Å². The van der Waals surface area contributed by atoms with Crippen molar-refractivity contribution < 1.29 is 6.16 Å². The molecule has 1 rings (SSSR count). The maximum atomic E-state index is 5.50. The van der Waals surface area contributed by atoms with Gasteiger partial charge in [-0.25, -0.2) is 0 Å². The molecule has 0 bridgehead atoms. The molecule has 0 saturated carbocycles. The van der Waals surface area contributed by atoms with Crippen molar-refractivity contribution in [3.63, 3.8) is 0 Å². The molecule has 10 heavy (non-hydrogen) atoms. The molecule has 1 fully saturated rings. The second-order valence-corrected chi connectivity index (χ2v) is 2.76. The molecular formula is C8H17NO. The van der Waals surface area contributed by atoms with Crippen LogP contribution >= 0.6 is 0 Å². The monoisotopic (exact) mass is 143 g/mol.